The molecule has 6 heteroatoms. The normalized spacial score (nSPS) is 19.2. The van der Waals surface area contributed by atoms with E-state index in [0.717, 1.165) is 22.3 Å². The molecule has 2 heterocycles. The van der Waals surface area contributed by atoms with E-state index in [9.17, 15) is 14.7 Å². The molecule has 3 aromatic rings. The van der Waals surface area contributed by atoms with Crippen molar-refractivity contribution in [3.8, 4) is 11.1 Å². The minimum absolute atomic E-state index is 0.0434. The van der Waals surface area contributed by atoms with Crippen molar-refractivity contribution in [2.24, 2.45) is 7.05 Å². The van der Waals surface area contributed by atoms with Crippen molar-refractivity contribution < 1.29 is 14.6 Å². The number of hydrogen-bond donors (Lipinski definition) is 1. The molecule has 1 unspecified atom stereocenters. The number of benzene rings is 2. The van der Waals surface area contributed by atoms with E-state index in [1.807, 2.05) is 73.8 Å². The molecule has 2 aromatic carbocycles. The number of amides is 1. The molecule has 4 rings (SSSR count). The van der Waals surface area contributed by atoms with Gasteiger partial charge in [-0.05, 0) is 48.1 Å². The molecule has 33 heavy (non-hydrogen) atoms. The van der Waals surface area contributed by atoms with Gasteiger partial charge in [-0.2, -0.15) is 0 Å². The third-order valence-corrected chi connectivity index (χ3v) is 6.59. The van der Waals surface area contributed by atoms with E-state index in [-0.39, 0.29) is 24.3 Å². The molecule has 0 radical (unpaired) electrons. The maximum atomic E-state index is 13.1. The fourth-order valence-corrected chi connectivity index (χ4v) is 4.55. The molecule has 0 saturated carbocycles. The van der Waals surface area contributed by atoms with Crippen LogP contribution in [0, 0.1) is 0 Å². The van der Waals surface area contributed by atoms with Gasteiger partial charge in [0, 0.05) is 38.9 Å². The molecule has 1 aliphatic rings. The van der Waals surface area contributed by atoms with Gasteiger partial charge in [-0.3, -0.25) is 4.79 Å². The Morgan fingerprint density at radius 2 is 1.70 bits per heavy atom. The van der Waals surface area contributed by atoms with Gasteiger partial charge in [0.05, 0.1) is 6.04 Å². The van der Waals surface area contributed by atoms with E-state index in [0.29, 0.717) is 25.8 Å². The number of nitrogens with zero attached hydrogens (tertiary/aromatic N) is 2. The van der Waals surface area contributed by atoms with Crippen LogP contribution in [0.3, 0.4) is 0 Å². The predicted octanol–water partition coefficient (Wildman–Crippen LogP) is 4.62. The van der Waals surface area contributed by atoms with Crippen molar-refractivity contribution in [2.75, 3.05) is 13.2 Å². The lowest BCUT2D eigenvalue weighted by Gasteiger charge is -2.43. The topological polar surface area (TPSA) is 71.8 Å². The smallest absolute Gasteiger partial charge is 0.411 e. The molecule has 0 bridgehead atoms. The summed E-state index contributed by atoms with van der Waals surface area (Å²) in [6.45, 7) is 2.64. The van der Waals surface area contributed by atoms with E-state index in [4.69, 9.17) is 4.74 Å². The quantitative estimate of drug-likeness (QED) is 0.575. The van der Waals surface area contributed by atoms with E-state index >= 15 is 0 Å². The Morgan fingerprint density at radius 3 is 2.33 bits per heavy atom. The lowest BCUT2D eigenvalue weighted by Crippen LogP contribution is -2.48. The van der Waals surface area contributed by atoms with Gasteiger partial charge in [-0.1, -0.05) is 54.6 Å². The van der Waals surface area contributed by atoms with Crippen molar-refractivity contribution in [3.05, 3.63) is 94.4 Å². The van der Waals surface area contributed by atoms with E-state index in [1.165, 1.54) is 0 Å². The molecule has 6 nitrogen and oxygen atoms in total. The van der Waals surface area contributed by atoms with Gasteiger partial charge in [0.25, 0.3) is 0 Å². The molecular formula is C27H30N2O4. The van der Waals surface area contributed by atoms with Gasteiger partial charge in [-0.25, -0.2) is 4.79 Å². The van der Waals surface area contributed by atoms with Crippen molar-refractivity contribution in [1.82, 2.24) is 9.47 Å². The Morgan fingerprint density at radius 1 is 1.00 bits per heavy atom. The van der Waals surface area contributed by atoms with Crippen molar-refractivity contribution in [2.45, 2.75) is 37.8 Å². The van der Waals surface area contributed by atoms with Gasteiger partial charge in [0.2, 0.25) is 5.56 Å². The number of ether oxygens (including phenoxy) is 1. The van der Waals surface area contributed by atoms with Crippen LogP contribution in [-0.2, 0) is 17.4 Å². The van der Waals surface area contributed by atoms with Crippen LogP contribution in [0.2, 0.25) is 0 Å². The highest BCUT2D eigenvalue weighted by Gasteiger charge is 2.43. The van der Waals surface area contributed by atoms with Crippen LogP contribution in [0.25, 0.3) is 11.1 Å². The van der Waals surface area contributed by atoms with Crippen LogP contribution in [0.4, 0.5) is 4.79 Å². The van der Waals surface area contributed by atoms with Crippen LogP contribution in [0.1, 0.15) is 43.4 Å². The minimum atomic E-state index is -0.704. The summed E-state index contributed by atoms with van der Waals surface area (Å²) in [7, 11) is 1.74. The summed E-state index contributed by atoms with van der Waals surface area (Å²) in [5.74, 6) is 0. The molecule has 1 saturated heterocycles. The van der Waals surface area contributed by atoms with Gasteiger partial charge in [0.15, 0.2) is 0 Å². The summed E-state index contributed by atoms with van der Waals surface area (Å²) in [6.07, 6.45) is 3.32. The molecule has 0 aliphatic carbocycles. The average Bonchev–Trinajstić information content (AvgIpc) is 2.85. The third-order valence-electron chi connectivity index (χ3n) is 6.59. The van der Waals surface area contributed by atoms with Crippen LogP contribution >= 0.6 is 0 Å². The number of aromatic nitrogens is 1. The van der Waals surface area contributed by atoms with Crippen LogP contribution in [0.15, 0.2) is 77.7 Å². The number of aliphatic hydroxyl groups is 1. The zero-order chi connectivity index (χ0) is 23.4. The van der Waals surface area contributed by atoms with Gasteiger partial charge < -0.3 is 19.3 Å². The molecule has 172 valence electrons. The first-order valence-electron chi connectivity index (χ1n) is 11.4. The Bertz CT molecular complexity index is 1160. The molecule has 1 aliphatic heterocycles. The maximum Gasteiger partial charge on any atom is 0.411 e. The molecule has 0 spiro atoms. The van der Waals surface area contributed by atoms with E-state index in [2.05, 4.69) is 0 Å². The Labute approximate surface area is 194 Å². The second-order valence-electron chi connectivity index (χ2n) is 8.66. The van der Waals surface area contributed by atoms with Crippen LogP contribution < -0.4 is 5.56 Å². The van der Waals surface area contributed by atoms with Crippen LogP contribution in [0.5, 0.6) is 0 Å². The lowest BCUT2D eigenvalue weighted by atomic mass is 9.84. The Kier molecular flexibility index (Phi) is 6.65. The number of carbonyl (C=O) groups excluding carboxylic acids is 1. The van der Waals surface area contributed by atoms with Crippen molar-refractivity contribution in [1.29, 1.82) is 0 Å². The molecule has 1 aromatic heterocycles. The molecule has 2 atom stereocenters. The highest BCUT2D eigenvalue weighted by Crippen LogP contribution is 2.40. The van der Waals surface area contributed by atoms with Crippen molar-refractivity contribution in [3.63, 3.8) is 0 Å². The largest absolute Gasteiger partial charge is 0.438 e. The molecule has 1 N–H and O–H groups in total. The summed E-state index contributed by atoms with van der Waals surface area (Å²) < 4.78 is 7.64. The summed E-state index contributed by atoms with van der Waals surface area (Å²) in [5.41, 5.74) is 3.21. The molecular weight excluding hydrogens is 416 g/mol. The number of aliphatic hydroxyl groups excluding tert-OH is 1. The van der Waals surface area contributed by atoms with Gasteiger partial charge in [0.1, 0.15) is 5.60 Å². The number of rotatable bonds is 7. The second kappa shape index (κ2) is 9.63. The van der Waals surface area contributed by atoms with E-state index < -0.39 is 5.60 Å². The highest BCUT2D eigenvalue weighted by atomic mass is 16.6. The fraction of sp³-hybridized carbons (Fsp3) is 0.333. The SMILES string of the molecule is C[C@@H](c1ccc(-c2ccc(=O)n(C)c2)cc1)N1CCC(CCCO)(c2ccccc2)OC1=O. The summed E-state index contributed by atoms with van der Waals surface area (Å²) in [5, 5.41) is 9.38. The zero-order valence-electron chi connectivity index (χ0n) is 19.1. The van der Waals surface area contributed by atoms with Crippen LogP contribution in [-0.4, -0.2) is 33.8 Å². The predicted molar refractivity (Wildman–Crippen MR) is 128 cm³/mol. The lowest BCUT2D eigenvalue weighted by molar-refractivity contribution is -0.0680. The number of pyridine rings is 1. The van der Waals surface area contributed by atoms with Gasteiger partial charge in [-0.15, -0.1) is 0 Å². The first-order chi connectivity index (χ1) is 15.9. The second-order valence-corrected chi connectivity index (χ2v) is 8.66. The molecule has 1 fully saturated rings. The average molecular weight is 447 g/mol. The Balaban J connectivity index is 1.51. The summed E-state index contributed by atoms with van der Waals surface area (Å²) >= 11 is 0. The number of aryl methyl sites for hydroxylation is 1. The highest BCUT2D eigenvalue weighted by molar-refractivity contribution is 5.70. The summed E-state index contributed by atoms with van der Waals surface area (Å²) in [4.78, 5) is 26.5. The van der Waals surface area contributed by atoms with E-state index in [1.54, 1.807) is 22.6 Å². The van der Waals surface area contributed by atoms with Crippen molar-refractivity contribution >= 4 is 6.09 Å². The number of cyclic esters (lactones) is 1. The summed E-state index contributed by atoms with van der Waals surface area (Å²) in [6, 6.07) is 21.1. The first-order valence-corrected chi connectivity index (χ1v) is 11.4. The Hall–Kier alpha value is -3.38. The molecule has 1 amide bonds. The first kappa shape index (κ1) is 22.8. The number of hydrogen-bond acceptors (Lipinski definition) is 4. The number of carbonyl (C=O) groups is 1. The third kappa shape index (κ3) is 4.71. The monoisotopic (exact) mass is 446 g/mol. The zero-order valence-corrected chi connectivity index (χ0v) is 19.1. The standard InChI is InChI=1S/C27H30N2O4/c1-20(21-9-11-22(12-10-21)23-13-14-25(31)28(2)19-23)29-17-16-27(15-6-18-30,33-26(29)32)24-7-4-3-5-8-24/h3-5,7-14,19-20,30H,6,15-18H2,1-2H3/t20-,27?/m0/s1. The fourth-order valence-electron chi connectivity index (χ4n) is 4.55. The minimum Gasteiger partial charge on any atom is -0.438 e. The maximum absolute atomic E-state index is 13.1. The van der Waals surface area contributed by atoms with Gasteiger partial charge >= 0.3 is 6.09 Å².